The van der Waals surface area contributed by atoms with Crippen molar-refractivity contribution in [2.75, 3.05) is 31.8 Å². The topological polar surface area (TPSA) is 46.6 Å². The van der Waals surface area contributed by atoms with Crippen LogP contribution in [0, 0.1) is 11.6 Å². The maximum atomic E-state index is 13.8. The molecular formula is C14H19F2NO3S. The third-order valence-corrected chi connectivity index (χ3v) is 5.46. The minimum Gasteiger partial charge on any atom is -0.383 e. The summed E-state index contributed by atoms with van der Waals surface area (Å²) in [5.41, 5.74) is 0.232. The highest BCUT2D eigenvalue weighted by molar-refractivity contribution is 7.91. The number of nitrogens with zero attached hydrogens (tertiary/aromatic N) is 1. The Morgan fingerprint density at radius 1 is 1.38 bits per heavy atom. The predicted octanol–water partition coefficient (Wildman–Crippen LogP) is 1.60. The van der Waals surface area contributed by atoms with Gasteiger partial charge in [0.15, 0.2) is 21.5 Å². The molecule has 0 radical (unpaired) electrons. The van der Waals surface area contributed by atoms with Crippen molar-refractivity contribution in [3.8, 4) is 0 Å². The maximum Gasteiger partial charge on any atom is 0.163 e. The van der Waals surface area contributed by atoms with Gasteiger partial charge in [-0.2, -0.15) is 0 Å². The molecule has 1 aromatic carbocycles. The quantitative estimate of drug-likeness (QED) is 0.799. The molecule has 0 saturated carbocycles. The minimum atomic E-state index is -3.03. The van der Waals surface area contributed by atoms with Crippen LogP contribution in [-0.2, 0) is 21.1 Å². The van der Waals surface area contributed by atoms with Crippen LogP contribution < -0.4 is 0 Å². The summed E-state index contributed by atoms with van der Waals surface area (Å²) in [7, 11) is -1.48. The zero-order valence-electron chi connectivity index (χ0n) is 11.9. The van der Waals surface area contributed by atoms with Crippen molar-refractivity contribution in [3.63, 3.8) is 0 Å². The van der Waals surface area contributed by atoms with Gasteiger partial charge in [-0.05, 0) is 12.5 Å². The number of halogens is 2. The molecule has 0 N–H and O–H groups in total. The third kappa shape index (κ3) is 4.21. The molecule has 1 aliphatic heterocycles. The lowest BCUT2D eigenvalue weighted by molar-refractivity contribution is 0.120. The van der Waals surface area contributed by atoms with Crippen LogP contribution in [0.2, 0.25) is 0 Å². The van der Waals surface area contributed by atoms with Crippen LogP contribution in [0.3, 0.4) is 0 Å². The van der Waals surface area contributed by atoms with Gasteiger partial charge in [-0.15, -0.1) is 0 Å². The summed E-state index contributed by atoms with van der Waals surface area (Å²) in [5.74, 6) is -1.56. The molecule has 0 aromatic heterocycles. The zero-order valence-corrected chi connectivity index (χ0v) is 12.7. The fourth-order valence-corrected chi connectivity index (χ4v) is 4.31. The highest BCUT2D eigenvalue weighted by Gasteiger charge is 2.32. The molecular weight excluding hydrogens is 300 g/mol. The summed E-state index contributed by atoms with van der Waals surface area (Å²) in [5, 5.41) is 0. The molecule has 0 amide bonds. The van der Waals surface area contributed by atoms with E-state index in [0.717, 1.165) is 6.07 Å². The summed E-state index contributed by atoms with van der Waals surface area (Å²) in [4.78, 5) is 1.85. The Morgan fingerprint density at radius 2 is 2.14 bits per heavy atom. The second-order valence-corrected chi connectivity index (χ2v) is 7.46. The van der Waals surface area contributed by atoms with E-state index in [0.29, 0.717) is 19.6 Å². The average Bonchev–Trinajstić information content (AvgIpc) is 2.79. The number of hydrogen-bond acceptors (Lipinski definition) is 4. The van der Waals surface area contributed by atoms with E-state index in [-0.39, 0.29) is 29.7 Å². The minimum absolute atomic E-state index is 0.0631. The van der Waals surface area contributed by atoms with Crippen molar-refractivity contribution >= 4 is 9.84 Å². The Balaban J connectivity index is 2.15. The number of hydrogen-bond donors (Lipinski definition) is 0. The fraction of sp³-hybridized carbons (Fsp3) is 0.571. The average molecular weight is 319 g/mol. The molecule has 2 rings (SSSR count). The molecule has 1 fully saturated rings. The highest BCUT2D eigenvalue weighted by atomic mass is 32.2. The van der Waals surface area contributed by atoms with Gasteiger partial charge in [0.05, 0.1) is 18.1 Å². The van der Waals surface area contributed by atoms with Crippen LogP contribution in [0.1, 0.15) is 12.0 Å². The second kappa shape index (κ2) is 6.81. The van der Waals surface area contributed by atoms with Gasteiger partial charge in [0.1, 0.15) is 0 Å². The summed E-state index contributed by atoms with van der Waals surface area (Å²) < 4.78 is 55.3. The first-order chi connectivity index (χ1) is 9.93. The van der Waals surface area contributed by atoms with E-state index in [4.69, 9.17) is 4.74 Å². The van der Waals surface area contributed by atoms with Crippen molar-refractivity contribution in [3.05, 3.63) is 35.4 Å². The van der Waals surface area contributed by atoms with Gasteiger partial charge in [-0.25, -0.2) is 17.2 Å². The van der Waals surface area contributed by atoms with Gasteiger partial charge < -0.3 is 4.74 Å². The molecule has 0 spiro atoms. The van der Waals surface area contributed by atoms with E-state index < -0.39 is 21.5 Å². The molecule has 1 heterocycles. The van der Waals surface area contributed by atoms with Gasteiger partial charge in [0.25, 0.3) is 0 Å². The lowest BCUT2D eigenvalue weighted by Crippen LogP contribution is -2.38. The number of benzene rings is 1. The largest absolute Gasteiger partial charge is 0.383 e. The van der Waals surface area contributed by atoms with Gasteiger partial charge >= 0.3 is 0 Å². The molecule has 1 saturated heterocycles. The Labute approximate surface area is 123 Å². The Bertz CT molecular complexity index is 592. The SMILES string of the molecule is COCCN(Cc1cccc(F)c1F)[C@H]1CCS(=O)(=O)C1. The smallest absolute Gasteiger partial charge is 0.163 e. The summed E-state index contributed by atoms with van der Waals surface area (Å²) >= 11 is 0. The highest BCUT2D eigenvalue weighted by Crippen LogP contribution is 2.21. The summed E-state index contributed by atoms with van der Waals surface area (Å²) in [6.45, 7) is 1.06. The Morgan fingerprint density at radius 3 is 2.76 bits per heavy atom. The lowest BCUT2D eigenvalue weighted by atomic mass is 10.1. The van der Waals surface area contributed by atoms with E-state index in [1.807, 2.05) is 4.90 Å². The number of ether oxygens (including phenoxy) is 1. The van der Waals surface area contributed by atoms with Gasteiger partial charge in [0.2, 0.25) is 0 Å². The molecule has 0 unspecified atom stereocenters. The summed E-state index contributed by atoms with van der Waals surface area (Å²) in [6.07, 6.45) is 0.517. The molecule has 1 aromatic rings. The zero-order chi connectivity index (χ0) is 15.5. The van der Waals surface area contributed by atoms with Crippen molar-refractivity contribution in [2.24, 2.45) is 0 Å². The van der Waals surface area contributed by atoms with Crippen molar-refractivity contribution in [1.82, 2.24) is 4.90 Å². The van der Waals surface area contributed by atoms with E-state index in [1.54, 1.807) is 7.11 Å². The Kier molecular flexibility index (Phi) is 5.29. The van der Waals surface area contributed by atoms with E-state index in [9.17, 15) is 17.2 Å². The number of methoxy groups -OCH3 is 1. The predicted molar refractivity (Wildman–Crippen MR) is 75.7 cm³/mol. The molecule has 1 atom stereocenters. The fourth-order valence-electron chi connectivity index (χ4n) is 2.55. The lowest BCUT2D eigenvalue weighted by Gasteiger charge is -2.28. The molecule has 1 aliphatic rings. The molecule has 0 bridgehead atoms. The van der Waals surface area contributed by atoms with Gasteiger partial charge in [0, 0.05) is 31.8 Å². The van der Waals surface area contributed by atoms with Crippen molar-refractivity contribution in [1.29, 1.82) is 0 Å². The molecule has 7 heteroatoms. The van der Waals surface area contributed by atoms with E-state index >= 15 is 0 Å². The molecule has 4 nitrogen and oxygen atoms in total. The molecule has 21 heavy (non-hydrogen) atoms. The Hall–Kier alpha value is -1.05. The number of sulfone groups is 1. The summed E-state index contributed by atoms with van der Waals surface area (Å²) in [6, 6.07) is 3.86. The maximum absolute atomic E-state index is 13.8. The number of rotatable bonds is 6. The van der Waals surface area contributed by atoms with Crippen molar-refractivity contribution in [2.45, 2.75) is 19.0 Å². The van der Waals surface area contributed by atoms with E-state index in [2.05, 4.69) is 0 Å². The van der Waals surface area contributed by atoms with Crippen LogP contribution in [0.15, 0.2) is 18.2 Å². The first kappa shape index (κ1) is 16.3. The van der Waals surface area contributed by atoms with Gasteiger partial charge in [-0.1, -0.05) is 12.1 Å². The normalized spacial score (nSPS) is 21.0. The first-order valence-corrected chi connectivity index (χ1v) is 8.61. The standard InChI is InChI=1S/C14H19F2NO3S/c1-20-7-6-17(12-5-8-21(18,19)10-12)9-11-3-2-4-13(15)14(11)16/h2-4,12H,5-10H2,1H3/t12-/m0/s1. The van der Waals surface area contributed by atoms with Crippen LogP contribution >= 0.6 is 0 Å². The molecule has 118 valence electrons. The van der Waals surface area contributed by atoms with Crippen LogP contribution in [0.4, 0.5) is 8.78 Å². The van der Waals surface area contributed by atoms with Crippen molar-refractivity contribution < 1.29 is 21.9 Å². The van der Waals surface area contributed by atoms with Gasteiger partial charge in [-0.3, -0.25) is 4.90 Å². The third-order valence-electron chi connectivity index (χ3n) is 3.71. The second-order valence-electron chi connectivity index (χ2n) is 5.23. The first-order valence-electron chi connectivity index (χ1n) is 6.79. The van der Waals surface area contributed by atoms with E-state index in [1.165, 1.54) is 12.1 Å². The van der Waals surface area contributed by atoms with Crippen LogP contribution in [0.25, 0.3) is 0 Å². The molecule has 0 aliphatic carbocycles. The monoisotopic (exact) mass is 319 g/mol. The van der Waals surface area contributed by atoms with Crippen LogP contribution in [0.5, 0.6) is 0 Å². The van der Waals surface area contributed by atoms with Crippen LogP contribution in [-0.4, -0.2) is 51.1 Å².